The second-order valence-corrected chi connectivity index (χ2v) is 3.59. The fraction of sp³-hybridized carbons (Fsp3) is 0.167. The summed E-state index contributed by atoms with van der Waals surface area (Å²) in [5.74, 6) is 0. The maximum atomic E-state index is 9.12. The minimum Gasteiger partial charge on any atom is -0.456 e. The molecular weight excluding hydrogens is 203 g/mol. The van der Waals surface area contributed by atoms with Gasteiger partial charge in [-0.05, 0) is 31.5 Å². The fourth-order valence-corrected chi connectivity index (χ4v) is 1.83. The van der Waals surface area contributed by atoms with Crippen molar-refractivity contribution in [3.63, 3.8) is 0 Å². The molecule has 0 aliphatic carbocycles. The molecule has 1 aromatic carbocycles. The molecule has 0 radical (unpaired) electrons. The van der Waals surface area contributed by atoms with Crippen LogP contribution in [-0.4, -0.2) is 17.2 Å². The van der Waals surface area contributed by atoms with Gasteiger partial charge >= 0.3 is 7.12 Å². The molecule has 0 aliphatic heterocycles. The minimum absolute atomic E-state index is 0.471. The van der Waals surface area contributed by atoms with Gasteiger partial charge in [-0.3, -0.25) is 0 Å². The average Bonchev–Trinajstić information content (AvgIpc) is 2.65. The van der Waals surface area contributed by atoms with Gasteiger partial charge < -0.3 is 14.5 Å². The summed E-state index contributed by atoms with van der Waals surface area (Å²) < 4.78 is 5.62. The Morgan fingerprint density at radius 2 is 1.94 bits per heavy atom. The van der Waals surface area contributed by atoms with E-state index in [2.05, 4.69) is 0 Å². The van der Waals surface area contributed by atoms with Crippen LogP contribution in [0.3, 0.4) is 0 Å². The van der Waals surface area contributed by atoms with Crippen LogP contribution in [0.5, 0.6) is 0 Å². The van der Waals surface area contributed by atoms with Gasteiger partial charge in [0.25, 0.3) is 0 Å². The lowest BCUT2D eigenvalue weighted by atomic mass is 9.80. The maximum Gasteiger partial charge on any atom is 0.488 e. The first kappa shape index (κ1) is 11.0. The number of furan rings is 1. The molecule has 2 rings (SSSR count). The Balaban J connectivity index is 2.87. The summed E-state index contributed by atoms with van der Waals surface area (Å²) in [6, 6.07) is 5.14. The lowest BCUT2D eigenvalue weighted by Gasteiger charge is -1.97. The predicted molar refractivity (Wildman–Crippen MR) is 65.6 cm³/mol. The summed E-state index contributed by atoms with van der Waals surface area (Å²) in [6.45, 7) is 3.84. The second kappa shape index (κ2) is 4.16. The fourth-order valence-electron chi connectivity index (χ4n) is 1.83. The molecule has 0 spiro atoms. The van der Waals surface area contributed by atoms with Gasteiger partial charge in [-0.2, -0.15) is 0 Å². The molecule has 0 bridgehead atoms. The summed E-state index contributed by atoms with van der Waals surface area (Å²) in [5, 5.41) is 20.1. The van der Waals surface area contributed by atoms with Gasteiger partial charge in [-0.1, -0.05) is 18.2 Å². The molecule has 2 N–H and O–H groups in total. The van der Waals surface area contributed by atoms with E-state index in [0.29, 0.717) is 5.46 Å². The van der Waals surface area contributed by atoms with Gasteiger partial charge in [0.05, 0.1) is 0 Å². The normalized spacial score (nSPS) is 13.8. The third-order valence-electron chi connectivity index (χ3n) is 2.63. The van der Waals surface area contributed by atoms with Crippen LogP contribution in [0.15, 0.2) is 22.6 Å². The van der Waals surface area contributed by atoms with E-state index in [0.717, 1.165) is 21.6 Å². The Kier molecular flexibility index (Phi) is 2.85. The van der Waals surface area contributed by atoms with Crippen LogP contribution in [0, 0.1) is 0 Å². The van der Waals surface area contributed by atoms with E-state index < -0.39 is 7.12 Å². The van der Waals surface area contributed by atoms with Crippen molar-refractivity contribution in [2.75, 3.05) is 0 Å². The standard InChI is InChI=1S/C12H13BO3/c1-3-9-10-7-8(13(14)15)5-6-12(10)16-11(9)4-2/h3-7,14-15H,1-2H3/b9-3-,11-4+. The number of hydrogen-bond donors (Lipinski definition) is 2. The molecule has 0 saturated carbocycles. The van der Waals surface area contributed by atoms with Crippen LogP contribution < -0.4 is 16.1 Å². The highest BCUT2D eigenvalue weighted by Gasteiger charge is 2.12. The number of hydrogen-bond acceptors (Lipinski definition) is 3. The molecule has 1 heterocycles. The third-order valence-corrected chi connectivity index (χ3v) is 2.63. The van der Waals surface area contributed by atoms with Gasteiger partial charge in [-0.15, -0.1) is 0 Å². The smallest absolute Gasteiger partial charge is 0.456 e. The molecule has 16 heavy (non-hydrogen) atoms. The molecule has 1 aromatic heterocycles. The van der Waals surface area contributed by atoms with E-state index >= 15 is 0 Å². The number of rotatable bonds is 1. The van der Waals surface area contributed by atoms with E-state index in [9.17, 15) is 0 Å². The molecule has 0 fully saturated rings. The molecule has 4 heteroatoms. The van der Waals surface area contributed by atoms with E-state index in [1.165, 1.54) is 0 Å². The molecule has 0 aliphatic rings. The van der Waals surface area contributed by atoms with Crippen molar-refractivity contribution in [1.29, 1.82) is 0 Å². The first-order valence-corrected chi connectivity index (χ1v) is 5.18. The number of fused-ring (bicyclic) bond motifs is 1. The molecule has 0 unspecified atom stereocenters. The molecule has 2 aromatic rings. The zero-order chi connectivity index (χ0) is 11.7. The van der Waals surface area contributed by atoms with Crippen LogP contribution in [0.25, 0.3) is 23.1 Å². The summed E-state index contributed by atoms with van der Waals surface area (Å²) in [7, 11) is -1.45. The van der Waals surface area contributed by atoms with Gasteiger partial charge in [0.1, 0.15) is 11.0 Å². The second-order valence-electron chi connectivity index (χ2n) is 3.59. The molecule has 82 valence electrons. The number of benzene rings is 1. The minimum atomic E-state index is -1.45. The van der Waals surface area contributed by atoms with Crippen molar-refractivity contribution in [3.05, 3.63) is 28.8 Å². The zero-order valence-electron chi connectivity index (χ0n) is 9.27. The molecule has 0 saturated heterocycles. The van der Waals surface area contributed by atoms with Crippen LogP contribution in [0.1, 0.15) is 13.8 Å². The average molecular weight is 216 g/mol. The van der Waals surface area contributed by atoms with Crippen molar-refractivity contribution < 1.29 is 14.5 Å². The van der Waals surface area contributed by atoms with Crippen molar-refractivity contribution in [3.8, 4) is 0 Å². The van der Waals surface area contributed by atoms with Crippen LogP contribution in [0.2, 0.25) is 0 Å². The van der Waals surface area contributed by atoms with Gasteiger partial charge in [0, 0.05) is 10.6 Å². The topological polar surface area (TPSA) is 53.6 Å². The summed E-state index contributed by atoms with van der Waals surface area (Å²) in [4.78, 5) is 0. The van der Waals surface area contributed by atoms with E-state index in [-0.39, 0.29) is 0 Å². The summed E-state index contributed by atoms with van der Waals surface area (Å²) >= 11 is 0. The highest BCUT2D eigenvalue weighted by atomic mass is 16.4. The SMILES string of the molecule is C/C=c1\c(=C/C)oc2ccc(B(O)O)cc12. The maximum absolute atomic E-state index is 9.12. The Bertz CT molecular complexity index is 625. The highest BCUT2D eigenvalue weighted by molar-refractivity contribution is 6.58. The molecule has 3 nitrogen and oxygen atoms in total. The Morgan fingerprint density at radius 1 is 1.19 bits per heavy atom. The molecular formula is C12H13BO3. The third kappa shape index (κ3) is 1.66. The van der Waals surface area contributed by atoms with Crippen molar-refractivity contribution in [2.24, 2.45) is 0 Å². The van der Waals surface area contributed by atoms with Gasteiger partial charge in [-0.25, -0.2) is 0 Å². The van der Waals surface area contributed by atoms with Gasteiger partial charge in [0.2, 0.25) is 0 Å². The monoisotopic (exact) mass is 216 g/mol. The predicted octanol–water partition coefficient (Wildman–Crippen LogP) is -0.287. The highest BCUT2D eigenvalue weighted by Crippen LogP contribution is 2.06. The van der Waals surface area contributed by atoms with Crippen LogP contribution in [0.4, 0.5) is 0 Å². The Morgan fingerprint density at radius 3 is 2.50 bits per heavy atom. The summed E-state index contributed by atoms with van der Waals surface area (Å²) in [6.07, 6.45) is 3.85. The molecule has 0 atom stereocenters. The Hall–Kier alpha value is -1.52. The lowest BCUT2D eigenvalue weighted by molar-refractivity contribution is 0.426. The summed E-state index contributed by atoms with van der Waals surface area (Å²) in [5.41, 5.74) is 2.03. The Labute approximate surface area is 93.5 Å². The van der Waals surface area contributed by atoms with Crippen molar-refractivity contribution >= 4 is 35.7 Å². The molecule has 0 amide bonds. The zero-order valence-corrected chi connectivity index (χ0v) is 9.27. The van der Waals surface area contributed by atoms with Crippen molar-refractivity contribution in [1.82, 2.24) is 0 Å². The first-order chi connectivity index (χ1) is 7.67. The first-order valence-electron chi connectivity index (χ1n) is 5.18. The largest absolute Gasteiger partial charge is 0.488 e. The van der Waals surface area contributed by atoms with Crippen LogP contribution in [-0.2, 0) is 0 Å². The van der Waals surface area contributed by atoms with E-state index in [4.69, 9.17) is 14.5 Å². The van der Waals surface area contributed by atoms with Crippen LogP contribution >= 0.6 is 0 Å². The quantitative estimate of drug-likeness (QED) is 0.644. The van der Waals surface area contributed by atoms with E-state index in [1.807, 2.05) is 26.0 Å². The lowest BCUT2D eigenvalue weighted by Crippen LogP contribution is -2.30. The van der Waals surface area contributed by atoms with Crippen molar-refractivity contribution in [2.45, 2.75) is 13.8 Å². The van der Waals surface area contributed by atoms with Gasteiger partial charge in [0.15, 0.2) is 0 Å². The van der Waals surface area contributed by atoms with E-state index in [1.54, 1.807) is 18.2 Å².